The molecule has 4 bridgehead atoms. The molecule has 18 heavy (non-hydrogen) atoms. The molecule has 4 saturated carbocycles. The van der Waals surface area contributed by atoms with Crippen LogP contribution in [0.5, 0.6) is 0 Å². The van der Waals surface area contributed by atoms with Crippen molar-refractivity contribution in [3.8, 4) is 0 Å². The second kappa shape index (κ2) is 4.68. The van der Waals surface area contributed by atoms with Crippen LogP contribution in [0, 0.1) is 23.7 Å². The Morgan fingerprint density at radius 2 is 1.56 bits per heavy atom. The van der Waals surface area contributed by atoms with E-state index in [9.17, 15) is 0 Å². The monoisotopic (exact) mass is 318 g/mol. The lowest BCUT2D eigenvalue weighted by Crippen LogP contribution is -2.17. The van der Waals surface area contributed by atoms with Crippen LogP contribution in [0.4, 0.5) is 0 Å². The molecule has 0 amide bonds. The van der Waals surface area contributed by atoms with Crippen molar-refractivity contribution in [3.05, 3.63) is 0 Å². The number of hydrogen-bond donors (Lipinski definition) is 1. The van der Waals surface area contributed by atoms with Gasteiger partial charge in [-0.1, -0.05) is 24.6 Å². The molecule has 0 saturated heterocycles. The molecular weight excluding hydrogens is 295 g/mol. The molecule has 4 fully saturated rings. The average molecular weight is 319 g/mol. The Labute approximate surface area is 125 Å². The summed E-state index contributed by atoms with van der Waals surface area (Å²) < 4.78 is -1.42. The van der Waals surface area contributed by atoms with Crippen molar-refractivity contribution in [2.24, 2.45) is 23.7 Å². The van der Waals surface area contributed by atoms with Gasteiger partial charge in [-0.15, -0.1) is 23.6 Å². The predicted octanol–water partition coefficient (Wildman–Crippen LogP) is 5.34. The van der Waals surface area contributed by atoms with E-state index in [2.05, 4.69) is 11.4 Å². The molecule has 4 aliphatic carbocycles. The molecule has 0 aromatic heterocycles. The highest BCUT2D eigenvalue weighted by Gasteiger charge is 2.48. The first kappa shape index (κ1) is 13.0. The smallest absolute Gasteiger partial charge is 0.0578 e. The molecule has 0 heterocycles. The van der Waals surface area contributed by atoms with Gasteiger partial charge in [0.1, 0.15) is 0 Å². The van der Waals surface area contributed by atoms with Crippen molar-refractivity contribution in [2.75, 3.05) is 0 Å². The van der Waals surface area contributed by atoms with Gasteiger partial charge in [-0.3, -0.25) is 0 Å². The lowest BCUT2D eigenvalue weighted by molar-refractivity contribution is 0.488. The minimum absolute atomic E-state index is 0.832. The van der Waals surface area contributed by atoms with Crippen LogP contribution < -0.4 is 0 Å². The van der Waals surface area contributed by atoms with Crippen molar-refractivity contribution in [3.63, 3.8) is 0 Å². The van der Waals surface area contributed by atoms with Crippen LogP contribution in [0.25, 0.3) is 0 Å². The van der Waals surface area contributed by atoms with Crippen LogP contribution in [-0.4, -0.2) is 10.9 Å². The SMILES string of the molecule is S=P(S)(SC1CC2CCC1C2)C1CC2CCC1C2. The Morgan fingerprint density at radius 1 is 0.889 bits per heavy atom. The van der Waals surface area contributed by atoms with Crippen LogP contribution in [0.2, 0.25) is 0 Å². The van der Waals surface area contributed by atoms with Crippen molar-refractivity contribution >= 4 is 39.9 Å². The van der Waals surface area contributed by atoms with Crippen molar-refractivity contribution in [2.45, 2.75) is 62.3 Å². The molecule has 7 atom stereocenters. The Hall–Kier alpha value is 1.35. The predicted molar refractivity (Wildman–Crippen MR) is 89.3 cm³/mol. The van der Waals surface area contributed by atoms with Gasteiger partial charge >= 0.3 is 0 Å². The van der Waals surface area contributed by atoms with E-state index in [0.717, 1.165) is 34.6 Å². The summed E-state index contributed by atoms with van der Waals surface area (Å²) in [4.78, 5) is 0. The van der Waals surface area contributed by atoms with Crippen molar-refractivity contribution < 1.29 is 0 Å². The fraction of sp³-hybridized carbons (Fsp3) is 1.00. The molecule has 0 aromatic carbocycles. The molecule has 0 nitrogen and oxygen atoms in total. The first-order valence-corrected chi connectivity index (χ1v) is 13.1. The molecule has 0 aliphatic heterocycles. The van der Waals surface area contributed by atoms with Crippen LogP contribution in [0.15, 0.2) is 0 Å². The summed E-state index contributed by atoms with van der Waals surface area (Å²) in [5.41, 5.74) is 0.832. The molecule has 0 N–H and O–H groups in total. The molecule has 0 radical (unpaired) electrons. The number of rotatable bonds is 3. The quantitative estimate of drug-likeness (QED) is 0.551. The van der Waals surface area contributed by atoms with E-state index in [1.165, 1.54) is 51.4 Å². The fourth-order valence-corrected chi connectivity index (χ4v) is 14.8. The second-order valence-electron chi connectivity index (χ2n) is 7.13. The summed E-state index contributed by atoms with van der Waals surface area (Å²) >= 11 is 13.3. The summed E-state index contributed by atoms with van der Waals surface area (Å²) in [7, 11) is 0. The highest BCUT2D eigenvalue weighted by molar-refractivity contribution is 8.96. The third-order valence-corrected chi connectivity index (χ3v) is 14.6. The van der Waals surface area contributed by atoms with Gasteiger partial charge in [0.25, 0.3) is 0 Å². The third-order valence-electron chi connectivity index (χ3n) is 6.08. The highest BCUT2D eigenvalue weighted by Crippen LogP contribution is 2.76. The lowest BCUT2D eigenvalue weighted by atomic mass is 10.0. The average Bonchev–Trinajstić information content (AvgIpc) is 3.08. The zero-order valence-electron chi connectivity index (χ0n) is 10.8. The van der Waals surface area contributed by atoms with Crippen molar-refractivity contribution in [1.82, 2.24) is 0 Å². The maximum Gasteiger partial charge on any atom is 0.0578 e. The van der Waals surface area contributed by atoms with Gasteiger partial charge in [-0.2, -0.15) is 0 Å². The normalized spacial score (nSPS) is 52.9. The van der Waals surface area contributed by atoms with Crippen LogP contribution >= 0.6 is 28.1 Å². The van der Waals surface area contributed by atoms with Gasteiger partial charge in [0, 0.05) is 10.9 Å². The van der Waals surface area contributed by atoms with Crippen LogP contribution in [-0.2, 0) is 11.8 Å². The van der Waals surface area contributed by atoms with Gasteiger partial charge < -0.3 is 0 Å². The molecular formula is C14H23PS3. The first-order chi connectivity index (χ1) is 8.62. The fourth-order valence-electron chi connectivity index (χ4n) is 5.20. The van der Waals surface area contributed by atoms with Crippen LogP contribution in [0.3, 0.4) is 0 Å². The molecule has 0 spiro atoms. The number of thiol groups is 1. The van der Waals surface area contributed by atoms with Crippen molar-refractivity contribution in [1.29, 1.82) is 0 Å². The van der Waals surface area contributed by atoms with Gasteiger partial charge in [-0.25, -0.2) is 0 Å². The van der Waals surface area contributed by atoms with E-state index < -0.39 is 4.44 Å². The zero-order chi connectivity index (χ0) is 12.3. The summed E-state index contributed by atoms with van der Waals surface area (Å²) in [5, 5.41) is 0.895. The van der Waals surface area contributed by atoms with E-state index in [0.29, 0.717) is 0 Å². The molecule has 4 heteroatoms. The lowest BCUT2D eigenvalue weighted by Gasteiger charge is -2.33. The molecule has 4 aliphatic rings. The number of fused-ring (bicyclic) bond motifs is 4. The minimum Gasteiger partial charge on any atom is -0.131 e. The van der Waals surface area contributed by atoms with Crippen LogP contribution in [0.1, 0.15) is 51.4 Å². The Kier molecular flexibility index (Phi) is 3.39. The van der Waals surface area contributed by atoms with E-state index >= 15 is 0 Å². The molecule has 4 rings (SSSR count). The van der Waals surface area contributed by atoms with Gasteiger partial charge in [-0.05, 0) is 62.2 Å². The van der Waals surface area contributed by atoms with Gasteiger partial charge in [0.15, 0.2) is 0 Å². The van der Waals surface area contributed by atoms with E-state index in [1.54, 1.807) is 0 Å². The van der Waals surface area contributed by atoms with E-state index in [1.807, 2.05) is 0 Å². The second-order valence-corrected chi connectivity index (χ2v) is 18.0. The summed E-state index contributed by atoms with van der Waals surface area (Å²) in [6.45, 7) is 0. The summed E-state index contributed by atoms with van der Waals surface area (Å²) in [6.07, 6.45) is 11.8. The topological polar surface area (TPSA) is 0 Å². The Balaban J connectivity index is 1.45. The van der Waals surface area contributed by atoms with E-state index in [-0.39, 0.29) is 0 Å². The molecule has 102 valence electrons. The molecule has 0 aromatic rings. The molecule has 7 unspecified atom stereocenters. The highest BCUT2D eigenvalue weighted by atomic mass is 33.2. The Morgan fingerprint density at radius 3 is 2.06 bits per heavy atom. The maximum absolute atomic E-state index is 6.06. The number of hydrogen-bond acceptors (Lipinski definition) is 2. The Bertz CT molecular complexity index is 397. The summed E-state index contributed by atoms with van der Waals surface area (Å²) in [6, 6.07) is 0. The van der Waals surface area contributed by atoms with Gasteiger partial charge in [0.2, 0.25) is 0 Å². The standard InChI is InChI=1S/C14H23PS3/c16-15(17,13-7-9-1-3-11(13)5-9)18-14-8-10-2-4-12(14)6-10/h9-14H,1-8H2,(H,16,17). The first-order valence-electron chi connectivity index (χ1n) is 7.62. The van der Waals surface area contributed by atoms with E-state index in [4.69, 9.17) is 24.1 Å². The largest absolute Gasteiger partial charge is 0.131 e. The zero-order valence-corrected chi connectivity index (χ0v) is 14.3. The maximum atomic E-state index is 6.06. The van der Waals surface area contributed by atoms with Gasteiger partial charge in [0.05, 0.1) is 4.44 Å². The third kappa shape index (κ3) is 2.16. The minimum atomic E-state index is -1.42. The summed E-state index contributed by atoms with van der Waals surface area (Å²) in [5.74, 6) is 4.04.